The van der Waals surface area contributed by atoms with Crippen LogP contribution in [0.3, 0.4) is 0 Å². The number of carbonyl (C=O) groups excluding carboxylic acids is 1. The number of fused-ring (bicyclic) bond motifs is 1. The molecule has 1 aliphatic heterocycles. The fraction of sp³-hybridized carbons (Fsp3) is 0.333. The van der Waals surface area contributed by atoms with Gasteiger partial charge in [-0.3, -0.25) is 4.79 Å². The highest BCUT2D eigenvalue weighted by Crippen LogP contribution is 2.25. The Morgan fingerprint density at radius 1 is 1.10 bits per heavy atom. The fourth-order valence-electron chi connectivity index (χ4n) is 3.79. The smallest absolute Gasteiger partial charge is 0.227 e. The van der Waals surface area contributed by atoms with E-state index in [2.05, 4.69) is 27.3 Å². The number of ether oxygens (including phenoxy) is 1. The van der Waals surface area contributed by atoms with Gasteiger partial charge in [0.2, 0.25) is 5.91 Å². The van der Waals surface area contributed by atoms with Crippen LogP contribution in [0.5, 0.6) is 5.75 Å². The predicted octanol–water partition coefficient (Wildman–Crippen LogP) is 4.26. The molecule has 0 aliphatic carbocycles. The van der Waals surface area contributed by atoms with E-state index in [1.54, 1.807) is 7.11 Å². The molecular formula is C24H27N3O2. The number of methoxy groups -OCH3 is 1. The molecular weight excluding hydrogens is 362 g/mol. The van der Waals surface area contributed by atoms with Gasteiger partial charge in [0.15, 0.2) is 0 Å². The molecule has 1 amide bonds. The Labute approximate surface area is 171 Å². The van der Waals surface area contributed by atoms with E-state index >= 15 is 0 Å². The van der Waals surface area contributed by atoms with E-state index in [4.69, 9.17) is 4.74 Å². The van der Waals surface area contributed by atoms with Crippen molar-refractivity contribution in [3.63, 3.8) is 0 Å². The van der Waals surface area contributed by atoms with Gasteiger partial charge in [-0.1, -0.05) is 30.3 Å². The van der Waals surface area contributed by atoms with Gasteiger partial charge < -0.3 is 15.0 Å². The van der Waals surface area contributed by atoms with E-state index in [0.717, 1.165) is 46.6 Å². The number of hydrogen-bond donors (Lipinski definition) is 1. The average Bonchev–Trinajstić information content (AvgIpc) is 3.31. The van der Waals surface area contributed by atoms with Crippen molar-refractivity contribution in [1.29, 1.82) is 0 Å². The van der Waals surface area contributed by atoms with Crippen molar-refractivity contribution < 1.29 is 9.53 Å². The van der Waals surface area contributed by atoms with Gasteiger partial charge in [0.25, 0.3) is 0 Å². The SMILES string of the molecule is COc1ccc2cc(C(C)C(=O)NCc3ccc(N4CCCC4)nc3)ccc2c1. The standard InChI is InChI=1S/C24H27N3O2/c1-17(19-6-7-21-14-22(29-2)9-8-20(21)13-19)24(28)26-16-18-5-10-23(25-15-18)27-11-3-4-12-27/h5-10,13-15,17H,3-4,11-12,16H2,1-2H3,(H,26,28). The topological polar surface area (TPSA) is 54.5 Å². The van der Waals surface area contributed by atoms with Crippen molar-refractivity contribution >= 4 is 22.5 Å². The number of nitrogens with zero attached hydrogens (tertiary/aromatic N) is 2. The molecule has 1 aliphatic rings. The normalized spacial score (nSPS) is 14.8. The quantitative estimate of drug-likeness (QED) is 0.684. The number of benzene rings is 2. The first-order valence-corrected chi connectivity index (χ1v) is 10.2. The number of anilines is 1. The molecule has 0 saturated carbocycles. The van der Waals surface area contributed by atoms with Crippen molar-refractivity contribution in [2.75, 3.05) is 25.1 Å². The third kappa shape index (κ3) is 4.34. The number of hydrogen-bond acceptors (Lipinski definition) is 4. The summed E-state index contributed by atoms with van der Waals surface area (Å²) in [5.41, 5.74) is 2.02. The second-order valence-corrected chi connectivity index (χ2v) is 7.63. The molecule has 1 N–H and O–H groups in total. The predicted molar refractivity (Wildman–Crippen MR) is 116 cm³/mol. The monoisotopic (exact) mass is 389 g/mol. The van der Waals surface area contributed by atoms with Gasteiger partial charge in [-0.2, -0.15) is 0 Å². The molecule has 1 atom stereocenters. The van der Waals surface area contributed by atoms with Gasteiger partial charge >= 0.3 is 0 Å². The molecule has 1 unspecified atom stereocenters. The maximum atomic E-state index is 12.7. The largest absolute Gasteiger partial charge is 0.497 e. The average molecular weight is 389 g/mol. The highest BCUT2D eigenvalue weighted by atomic mass is 16.5. The molecule has 5 heteroatoms. The molecule has 3 aromatic rings. The zero-order valence-electron chi connectivity index (χ0n) is 17.0. The summed E-state index contributed by atoms with van der Waals surface area (Å²) in [5.74, 6) is 1.65. The van der Waals surface area contributed by atoms with Crippen LogP contribution in [0.4, 0.5) is 5.82 Å². The summed E-state index contributed by atoms with van der Waals surface area (Å²) >= 11 is 0. The minimum absolute atomic E-state index is 0.0153. The zero-order chi connectivity index (χ0) is 20.2. The zero-order valence-corrected chi connectivity index (χ0v) is 17.0. The number of pyridine rings is 1. The second kappa shape index (κ2) is 8.52. The Bertz CT molecular complexity index is 995. The minimum atomic E-state index is -0.224. The summed E-state index contributed by atoms with van der Waals surface area (Å²) < 4.78 is 5.28. The van der Waals surface area contributed by atoms with Crippen LogP contribution in [-0.4, -0.2) is 31.1 Å². The Morgan fingerprint density at radius 2 is 1.86 bits per heavy atom. The Balaban J connectivity index is 1.38. The molecule has 1 aromatic heterocycles. The summed E-state index contributed by atoms with van der Waals surface area (Å²) in [6.07, 6.45) is 4.33. The van der Waals surface area contributed by atoms with Crippen LogP contribution in [0.2, 0.25) is 0 Å². The van der Waals surface area contributed by atoms with Crippen molar-refractivity contribution in [3.8, 4) is 5.75 Å². The van der Waals surface area contributed by atoms with Gasteiger partial charge in [0.05, 0.1) is 13.0 Å². The number of carbonyl (C=O) groups is 1. The van der Waals surface area contributed by atoms with E-state index in [9.17, 15) is 4.79 Å². The van der Waals surface area contributed by atoms with Gasteiger partial charge in [-0.15, -0.1) is 0 Å². The lowest BCUT2D eigenvalue weighted by atomic mass is 9.97. The van der Waals surface area contributed by atoms with E-state index in [1.807, 2.05) is 49.5 Å². The number of nitrogens with one attached hydrogen (secondary N) is 1. The summed E-state index contributed by atoms with van der Waals surface area (Å²) in [6, 6.07) is 16.2. The Kier molecular flexibility index (Phi) is 5.65. The molecule has 0 bridgehead atoms. The molecule has 1 fully saturated rings. The molecule has 5 nitrogen and oxygen atoms in total. The first kappa shape index (κ1) is 19.2. The van der Waals surface area contributed by atoms with E-state index < -0.39 is 0 Å². The summed E-state index contributed by atoms with van der Waals surface area (Å²) in [5, 5.41) is 5.24. The van der Waals surface area contributed by atoms with Crippen LogP contribution in [0.15, 0.2) is 54.7 Å². The molecule has 0 spiro atoms. The van der Waals surface area contributed by atoms with E-state index in [0.29, 0.717) is 6.54 Å². The Morgan fingerprint density at radius 3 is 2.59 bits per heavy atom. The van der Waals surface area contributed by atoms with Crippen LogP contribution in [0.1, 0.15) is 36.8 Å². The highest BCUT2D eigenvalue weighted by molar-refractivity contribution is 5.88. The lowest BCUT2D eigenvalue weighted by molar-refractivity contribution is -0.122. The number of amides is 1. The first-order chi connectivity index (χ1) is 14.1. The van der Waals surface area contributed by atoms with Crippen molar-refractivity contribution in [3.05, 3.63) is 65.9 Å². The number of aromatic nitrogens is 1. The molecule has 150 valence electrons. The van der Waals surface area contributed by atoms with Crippen molar-refractivity contribution in [2.24, 2.45) is 0 Å². The van der Waals surface area contributed by atoms with Gasteiger partial charge in [-0.05, 0) is 59.9 Å². The van der Waals surface area contributed by atoms with Crippen LogP contribution in [-0.2, 0) is 11.3 Å². The number of rotatable bonds is 6. The fourth-order valence-corrected chi connectivity index (χ4v) is 3.79. The van der Waals surface area contributed by atoms with Gasteiger partial charge in [0, 0.05) is 25.8 Å². The minimum Gasteiger partial charge on any atom is -0.497 e. The second-order valence-electron chi connectivity index (χ2n) is 7.63. The van der Waals surface area contributed by atoms with Crippen LogP contribution >= 0.6 is 0 Å². The van der Waals surface area contributed by atoms with E-state index in [1.165, 1.54) is 12.8 Å². The maximum absolute atomic E-state index is 12.7. The van der Waals surface area contributed by atoms with Crippen LogP contribution < -0.4 is 15.0 Å². The van der Waals surface area contributed by atoms with Gasteiger partial charge in [-0.25, -0.2) is 4.98 Å². The van der Waals surface area contributed by atoms with Crippen LogP contribution in [0.25, 0.3) is 10.8 Å². The summed E-state index contributed by atoms with van der Waals surface area (Å²) in [6.45, 7) is 4.59. The molecule has 1 saturated heterocycles. The molecule has 2 heterocycles. The lowest BCUT2D eigenvalue weighted by Gasteiger charge is -2.17. The molecule has 29 heavy (non-hydrogen) atoms. The molecule has 4 rings (SSSR count). The van der Waals surface area contributed by atoms with Gasteiger partial charge in [0.1, 0.15) is 11.6 Å². The lowest BCUT2D eigenvalue weighted by Crippen LogP contribution is -2.27. The third-order valence-corrected chi connectivity index (χ3v) is 5.67. The van der Waals surface area contributed by atoms with Crippen molar-refractivity contribution in [2.45, 2.75) is 32.2 Å². The molecule has 0 radical (unpaired) electrons. The molecule has 2 aromatic carbocycles. The third-order valence-electron chi connectivity index (χ3n) is 5.67. The van der Waals surface area contributed by atoms with Crippen LogP contribution in [0, 0.1) is 0 Å². The van der Waals surface area contributed by atoms with Crippen molar-refractivity contribution in [1.82, 2.24) is 10.3 Å². The van der Waals surface area contributed by atoms with E-state index in [-0.39, 0.29) is 11.8 Å². The highest BCUT2D eigenvalue weighted by Gasteiger charge is 2.16. The summed E-state index contributed by atoms with van der Waals surface area (Å²) in [4.78, 5) is 19.5. The first-order valence-electron chi connectivity index (χ1n) is 10.2. The Hall–Kier alpha value is -3.08. The maximum Gasteiger partial charge on any atom is 0.227 e. The summed E-state index contributed by atoms with van der Waals surface area (Å²) in [7, 11) is 1.66.